The van der Waals surface area contributed by atoms with E-state index in [4.69, 9.17) is 14.0 Å². The van der Waals surface area contributed by atoms with E-state index < -0.39 is 0 Å². The Balaban J connectivity index is 1.71. The lowest BCUT2D eigenvalue weighted by Gasteiger charge is -2.07. The van der Waals surface area contributed by atoms with Crippen molar-refractivity contribution in [3.8, 4) is 22.9 Å². The third-order valence-corrected chi connectivity index (χ3v) is 3.63. The predicted molar refractivity (Wildman–Crippen MR) is 80.3 cm³/mol. The van der Waals surface area contributed by atoms with Crippen LogP contribution >= 0.6 is 11.3 Å². The number of aldehydes is 1. The van der Waals surface area contributed by atoms with E-state index in [-0.39, 0.29) is 6.61 Å². The summed E-state index contributed by atoms with van der Waals surface area (Å²) < 4.78 is 15.8. The van der Waals surface area contributed by atoms with Gasteiger partial charge in [-0.15, -0.1) is 0 Å². The van der Waals surface area contributed by atoms with Crippen LogP contribution in [-0.4, -0.2) is 23.5 Å². The number of rotatable bonds is 6. The Morgan fingerprint density at radius 2 is 2.27 bits per heavy atom. The molecule has 3 aromatic rings. The van der Waals surface area contributed by atoms with Crippen LogP contribution in [-0.2, 0) is 6.61 Å². The van der Waals surface area contributed by atoms with E-state index in [0.29, 0.717) is 35.1 Å². The fourth-order valence-corrected chi connectivity index (χ4v) is 2.47. The van der Waals surface area contributed by atoms with E-state index in [0.717, 1.165) is 5.56 Å². The molecule has 0 amide bonds. The maximum atomic E-state index is 11.1. The van der Waals surface area contributed by atoms with Crippen LogP contribution in [0.2, 0.25) is 0 Å². The maximum Gasteiger partial charge on any atom is 0.264 e. The van der Waals surface area contributed by atoms with Gasteiger partial charge >= 0.3 is 0 Å². The molecular formula is C15H12N2O4S. The Bertz CT molecular complexity index is 768. The van der Waals surface area contributed by atoms with Crippen LogP contribution in [0.3, 0.4) is 0 Å². The number of carbonyl (C=O) groups excluding carboxylic acids is 1. The van der Waals surface area contributed by atoms with Crippen LogP contribution in [0.15, 0.2) is 39.5 Å². The molecule has 0 unspecified atom stereocenters. The fraction of sp³-hybridized carbons (Fsp3) is 0.133. The molecule has 2 aromatic heterocycles. The minimum Gasteiger partial charge on any atom is -0.497 e. The summed E-state index contributed by atoms with van der Waals surface area (Å²) in [5, 5.41) is 7.77. The van der Waals surface area contributed by atoms with Crippen LogP contribution < -0.4 is 9.47 Å². The van der Waals surface area contributed by atoms with E-state index in [1.54, 1.807) is 29.5 Å². The molecule has 0 atom stereocenters. The minimum atomic E-state index is 0.0876. The molecule has 0 N–H and O–H groups in total. The quantitative estimate of drug-likeness (QED) is 0.650. The van der Waals surface area contributed by atoms with Gasteiger partial charge in [0.2, 0.25) is 5.82 Å². The molecule has 6 nitrogen and oxygen atoms in total. The second-order valence-corrected chi connectivity index (χ2v) is 5.11. The summed E-state index contributed by atoms with van der Waals surface area (Å²) in [5.41, 5.74) is 1.30. The average Bonchev–Trinajstić information content (AvgIpc) is 3.23. The lowest BCUT2D eigenvalue weighted by atomic mass is 10.2. The van der Waals surface area contributed by atoms with E-state index in [1.807, 2.05) is 16.8 Å². The second-order valence-electron chi connectivity index (χ2n) is 4.33. The van der Waals surface area contributed by atoms with Gasteiger partial charge in [0.25, 0.3) is 5.89 Å². The molecule has 1 aromatic carbocycles. The largest absolute Gasteiger partial charge is 0.497 e. The van der Waals surface area contributed by atoms with Crippen LogP contribution in [0.25, 0.3) is 11.4 Å². The maximum absolute atomic E-state index is 11.1. The molecule has 22 heavy (non-hydrogen) atoms. The Morgan fingerprint density at radius 1 is 1.36 bits per heavy atom. The molecular weight excluding hydrogens is 304 g/mol. The number of carbonyl (C=O) groups is 1. The topological polar surface area (TPSA) is 74.5 Å². The molecule has 3 rings (SSSR count). The molecule has 0 aliphatic heterocycles. The van der Waals surface area contributed by atoms with Gasteiger partial charge in [0, 0.05) is 10.9 Å². The van der Waals surface area contributed by atoms with Crippen molar-refractivity contribution < 1.29 is 18.8 Å². The molecule has 0 saturated carbocycles. The summed E-state index contributed by atoms with van der Waals surface area (Å²) in [6.45, 7) is 0.0876. The zero-order valence-corrected chi connectivity index (χ0v) is 12.5. The van der Waals surface area contributed by atoms with E-state index in [1.165, 1.54) is 7.11 Å². The zero-order chi connectivity index (χ0) is 15.4. The van der Waals surface area contributed by atoms with Gasteiger partial charge in [0.15, 0.2) is 12.9 Å². The van der Waals surface area contributed by atoms with Crippen molar-refractivity contribution >= 4 is 17.6 Å². The number of thiophene rings is 1. The number of benzene rings is 1. The number of nitrogens with zero attached hydrogens (tertiary/aromatic N) is 2. The molecule has 7 heteroatoms. The minimum absolute atomic E-state index is 0.0876. The van der Waals surface area contributed by atoms with Gasteiger partial charge in [-0.2, -0.15) is 16.3 Å². The summed E-state index contributed by atoms with van der Waals surface area (Å²) in [6, 6.07) is 6.90. The Hall–Kier alpha value is -2.67. The fourth-order valence-electron chi connectivity index (χ4n) is 1.84. The summed E-state index contributed by atoms with van der Waals surface area (Å²) in [7, 11) is 1.54. The molecule has 0 aliphatic rings. The van der Waals surface area contributed by atoms with Gasteiger partial charge in [-0.1, -0.05) is 5.16 Å². The van der Waals surface area contributed by atoms with Crippen LogP contribution in [0.5, 0.6) is 11.5 Å². The number of hydrogen-bond acceptors (Lipinski definition) is 7. The van der Waals surface area contributed by atoms with Crippen LogP contribution in [0, 0.1) is 0 Å². The normalized spacial score (nSPS) is 10.4. The number of hydrogen-bond donors (Lipinski definition) is 0. The highest BCUT2D eigenvalue weighted by atomic mass is 32.1. The summed E-state index contributed by atoms with van der Waals surface area (Å²) in [6.07, 6.45) is 0.711. The van der Waals surface area contributed by atoms with Gasteiger partial charge in [0.05, 0.1) is 12.7 Å². The van der Waals surface area contributed by atoms with E-state index >= 15 is 0 Å². The standard InChI is InChI=1S/C15H12N2O4S/c1-19-12-2-3-13(11(6-12)7-18)20-8-14-16-15(17-21-14)10-4-5-22-9-10/h2-7,9H,8H2,1H3. The van der Waals surface area contributed by atoms with Crippen molar-refractivity contribution in [2.45, 2.75) is 6.61 Å². The lowest BCUT2D eigenvalue weighted by Crippen LogP contribution is -1.99. The highest BCUT2D eigenvalue weighted by Crippen LogP contribution is 2.24. The van der Waals surface area contributed by atoms with Crippen molar-refractivity contribution in [3.63, 3.8) is 0 Å². The summed E-state index contributed by atoms with van der Waals surface area (Å²) in [5.74, 6) is 1.89. The first-order valence-corrected chi connectivity index (χ1v) is 7.35. The number of aromatic nitrogens is 2. The molecule has 2 heterocycles. The van der Waals surface area contributed by atoms with Crippen molar-refractivity contribution in [2.24, 2.45) is 0 Å². The van der Waals surface area contributed by atoms with Gasteiger partial charge in [0.1, 0.15) is 11.5 Å². The first-order valence-electron chi connectivity index (χ1n) is 6.41. The number of methoxy groups -OCH3 is 1. The molecule has 0 aliphatic carbocycles. The van der Waals surface area contributed by atoms with E-state index in [2.05, 4.69) is 10.1 Å². The molecule has 112 valence electrons. The summed E-state index contributed by atoms with van der Waals surface area (Å²) >= 11 is 1.56. The summed E-state index contributed by atoms with van der Waals surface area (Å²) in [4.78, 5) is 15.3. The van der Waals surface area contributed by atoms with Crippen molar-refractivity contribution in [3.05, 3.63) is 46.5 Å². The Kier molecular flexibility index (Phi) is 4.15. The Labute approximate surface area is 130 Å². The van der Waals surface area contributed by atoms with Crippen LogP contribution in [0.1, 0.15) is 16.2 Å². The first-order chi connectivity index (χ1) is 10.8. The number of ether oxygens (including phenoxy) is 2. The molecule has 0 bridgehead atoms. The smallest absolute Gasteiger partial charge is 0.264 e. The first kappa shape index (κ1) is 14.3. The SMILES string of the molecule is COc1ccc(OCc2nc(-c3ccsc3)no2)c(C=O)c1. The van der Waals surface area contributed by atoms with Gasteiger partial charge in [-0.05, 0) is 29.6 Å². The van der Waals surface area contributed by atoms with Crippen molar-refractivity contribution in [1.82, 2.24) is 10.1 Å². The molecule has 0 spiro atoms. The second kappa shape index (κ2) is 6.40. The average molecular weight is 316 g/mol. The third-order valence-electron chi connectivity index (χ3n) is 2.94. The van der Waals surface area contributed by atoms with E-state index in [9.17, 15) is 4.79 Å². The molecule has 0 fully saturated rings. The lowest BCUT2D eigenvalue weighted by molar-refractivity contribution is 0.111. The highest BCUT2D eigenvalue weighted by molar-refractivity contribution is 7.08. The van der Waals surface area contributed by atoms with Crippen molar-refractivity contribution in [1.29, 1.82) is 0 Å². The van der Waals surface area contributed by atoms with Crippen molar-refractivity contribution in [2.75, 3.05) is 7.11 Å². The monoisotopic (exact) mass is 316 g/mol. The molecule has 0 radical (unpaired) electrons. The predicted octanol–water partition coefficient (Wildman–Crippen LogP) is 3.20. The highest BCUT2D eigenvalue weighted by Gasteiger charge is 2.11. The third kappa shape index (κ3) is 2.99. The van der Waals surface area contributed by atoms with Crippen LogP contribution in [0.4, 0.5) is 0 Å². The molecule has 0 saturated heterocycles. The van der Waals surface area contributed by atoms with Gasteiger partial charge < -0.3 is 14.0 Å². The van der Waals surface area contributed by atoms with Gasteiger partial charge in [-0.25, -0.2) is 0 Å². The van der Waals surface area contributed by atoms with Gasteiger partial charge in [-0.3, -0.25) is 4.79 Å². The Morgan fingerprint density at radius 3 is 3.00 bits per heavy atom. The zero-order valence-electron chi connectivity index (χ0n) is 11.7.